The number of carboxylic acids is 1. The lowest BCUT2D eigenvalue weighted by Gasteiger charge is -2.01. The molecule has 2 heterocycles. The Morgan fingerprint density at radius 2 is 1.83 bits per heavy atom. The molecule has 0 aliphatic heterocycles. The molecule has 0 fully saturated rings. The lowest BCUT2D eigenvalue weighted by Crippen LogP contribution is -1.94. The van der Waals surface area contributed by atoms with E-state index in [-0.39, 0.29) is 5.56 Å². The van der Waals surface area contributed by atoms with Crippen molar-refractivity contribution < 1.29 is 14.3 Å². The van der Waals surface area contributed by atoms with Gasteiger partial charge in [0.2, 0.25) is 0 Å². The third-order valence-electron chi connectivity index (χ3n) is 3.74. The van der Waals surface area contributed by atoms with E-state index in [1.165, 1.54) is 0 Å². The molecule has 0 atom stereocenters. The molecule has 0 spiro atoms. The molecule has 0 aliphatic rings. The van der Waals surface area contributed by atoms with Crippen LogP contribution in [0.25, 0.3) is 32.7 Å². The number of aromatic carboxylic acids is 1. The summed E-state index contributed by atoms with van der Waals surface area (Å²) in [4.78, 5) is 12.3. The molecule has 112 valence electrons. The highest BCUT2D eigenvalue weighted by Crippen LogP contribution is 2.42. The van der Waals surface area contributed by atoms with Crippen molar-refractivity contribution in [3.05, 3.63) is 71.6 Å². The average Bonchev–Trinajstić information content (AvgIpc) is 3.21. The predicted molar refractivity (Wildman–Crippen MR) is 91.9 cm³/mol. The molecule has 0 saturated heterocycles. The molecule has 0 saturated carbocycles. The third-order valence-corrected chi connectivity index (χ3v) is 4.63. The van der Waals surface area contributed by atoms with Gasteiger partial charge in [0.25, 0.3) is 0 Å². The molecule has 3 nitrogen and oxygen atoms in total. The van der Waals surface area contributed by atoms with E-state index in [0.29, 0.717) is 5.58 Å². The summed E-state index contributed by atoms with van der Waals surface area (Å²) in [6.45, 7) is 0. The van der Waals surface area contributed by atoms with Crippen LogP contribution in [0, 0.1) is 0 Å². The fourth-order valence-corrected chi connectivity index (χ4v) is 3.47. The Labute approximate surface area is 136 Å². The van der Waals surface area contributed by atoms with Gasteiger partial charge in [0.1, 0.15) is 11.3 Å². The second-order valence-corrected chi connectivity index (χ2v) is 6.11. The first kappa shape index (κ1) is 13.8. The van der Waals surface area contributed by atoms with E-state index in [0.717, 1.165) is 27.2 Å². The van der Waals surface area contributed by atoms with Gasteiger partial charge in [-0.15, -0.1) is 11.3 Å². The van der Waals surface area contributed by atoms with Gasteiger partial charge in [0.05, 0.1) is 5.56 Å². The number of hydrogen-bond acceptors (Lipinski definition) is 3. The molecule has 1 N–H and O–H groups in total. The predicted octanol–water partition coefficient (Wildman–Crippen LogP) is 5.53. The Balaban J connectivity index is 2.04. The number of fused-ring (bicyclic) bond motifs is 1. The van der Waals surface area contributed by atoms with Crippen LogP contribution in [0.4, 0.5) is 0 Å². The van der Waals surface area contributed by atoms with Crippen LogP contribution in [0.3, 0.4) is 0 Å². The van der Waals surface area contributed by atoms with Crippen LogP contribution in [0.2, 0.25) is 0 Å². The second kappa shape index (κ2) is 5.41. The first-order chi connectivity index (χ1) is 11.2. The van der Waals surface area contributed by atoms with Gasteiger partial charge in [-0.2, -0.15) is 0 Å². The van der Waals surface area contributed by atoms with Gasteiger partial charge >= 0.3 is 5.97 Å². The maximum Gasteiger partial charge on any atom is 0.335 e. The van der Waals surface area contributed by atoms with E-state index in [1.807, 2.05) is 53.9 Å². The number of furan rings is 1. The minimum Gasteiger partial charge on any atom is -0.478 e. The van der Waals surface area contributed by atoms with Gasteiger partial charge in [-0.1, -0.05) is 36.4 Å². The standard InChI is InChI=1S/C19H12O3S/c20-19(21)13-8-9-14-15(11-13)22-18(12-5-2-1-3-6-12)17(14)16-7-4-10-23-16/h1-11H,(H,20,21). The molecular formula is C19H12O3S. The monoisotopic (exact) mass is 320 g/mol. The highest BCUT2D eigenvalue weighted by Gasteiger charge is 2.19. The summed E-state index contributed by atoms with van der Waals surface area (Å²) in [6.07, 6.45) is 0. The van der Waals surface area contributed by atoms with Crippen LogP contribution in [-0.4, -0.2) is 11.1 Å². The number of rotatable bonds is 3. The van der Waals surface area contributed by atoms with Gasteiger partial charge < -0.3 is 9.52 Å². The SMILES string of the molecule is O=C(O)c1ccc2c(-c3cccs3)c(-c3ccccc3)oc2c1. The summed E-state index contributed by atoms with van der Waals surface area (Å²) >= 11 is 1.64. The first-order valence-corrected chi connectivity index (χ1v) is 8.01. The van der Waals surface area contributed by atoms with Crippen molar-refractivity contribution >= 4 is 28.3 Å². The summed E-state index contributed by atoms with van der Waals surface area (Å²) in [5.41, 5.74) is 2.80. The summed E-state index contributed by atoms with van der Waals surface area (Å²) < 4.78 is 6.04. The van der Waals surface area contributed by atoms with E-state index < -0.39 is 5.97 Å². The molecule has 0 unspecified atom stereocenters. The van der Waals surface area contributed by atoms with Crippen molar-refractivity contribution in [2.24, 2.45) is 0 Å². The van der Waals surface area contributed by atoms with Crippen LogP contribution in [-0.2, 0) is 0 Å². The molecule has 4 aromatic rings. The van der Waals surface area contributed by atoms with Crippen molar-refractivity contribution in [3.8, 4) is 21.8 Å². The molecule has 4 rings (SSSR count). The van der Waals surface area contributed by atoms with Crippen molar-refractivity contribution in [1.29, 1.82) is 0 Å². The second-order valence-electron chi connectivity index (χ2n) is 5.17. The lowest BCUT2D eigenvalue weighted by molar-refractivity contribution is 0.0697. The van der Waals surface area contributed by atoms with Crippen molar-refractivity contribution in [2.75, 3.05) is 0 Å². The Kier molecular flexibility index (Phi) is 3.24. The Hall–Kier alpha value is -2.85. The highest BCUT2D eigenvalue weighted by molar-refractivity contribution is 7.13. The molecule has 0 radical (unpaired) electrons. The Morgan fingerprint density at radius 3 is 2.52 bits per heavy atom. The lowest BCUT2D eigenvalue weighted by atomic mass is 10.0. The minimum absolute atomic E-state index is 0.226. The van der Waals surface area contributed by atoms with Crippen molar-refractivity contribution in [1.82, 2.24) is 0 Å². The quantitative estimate of drug-likeness (QED) is 0.540. The van der Waals surface area contributed by atoms with E-state index in [4.69, 9.17) is 4.42 Å². The Bertz CT molecular complexity index is 982. The van der Waals surface area contributed by atoms with E-state index in [9.17, 15) is 9.90 Å². The zero-order valence-electron chi connectivity index (χ0n) is 12.0. The summed E-state index contributed by atoms with van der Waals surface area (Å²) in [6, 6.07) is 18.9. The van der Waals surface area contributed by atoms with Crippen LogP contribution >= 0.6 is 11.3 Å². The topological polar surface area (TPSA) is 50.4 Å². The van der Waals surface area contributed by atoms with Gasteiger partial charge in [-0.25, -0.2) is 4.79 Å². The van der Waals surface area contributed by atoms with Gasteiger partial charge in [-0.05, 0) is 29.6 Å². The first-order valence-electron chi connectivity index (χ1n) is 7.13. The zero-order valence-corrected chi connectivity index (χ0v) is 12.8. The fourth-order valence-electron chi connectivity index (χ4n) is 2.69. The maximum absolute atomic E-state index is 11.2. The van der Waals surface area contributed by atoms with E-state index in [1.54, 1.807) is 23.5 Å². The molecule has 0 bridgehead atoms. The van der Waals surface area contributed by atoms with Crippen LogP contribution in [0.15, 0.2) is 70.5 Å². The van der Waals surface area contributed by atoms with Crippen LogP contribution < -0.4 is 0 Å². The number of hydrogen-bond donors (Lipinski definition) is 1. The molecule has 4 heteroatoms. The number of carboxylic acid groups (broad SMARTS) is 1. The number of thiophene rings is 1. The Morgan fingerprint density at radius 1 is 1.00 bits per heavy atom. The minimum atomic E-state index is -0.956. The summed E-state index contributed by atoms with van der Waals surface area (Å²) in [5.74, 6) is -0.187. The number of benzene rings is 2. The average molecular weight is 320 g/mol. The zero-order chi connectivity index (χ0) is 15.8. The van der Waals surface area contributed by atoms with E-state index >= 15 is 0 Å². The smallest absolute Gasteiger partial charge is 0.335 e. The van der Waals surface area contributed by atoms with Crippen LogP contribution in [0.1, 0.15) is 10.4 Å². The van der Waals surface area contributed by atoms with Gasteiger partial charge in [0.15, 0.2) is 0 Å². The molecule has 2 aromatic carbocycles. The largest absolute Gasteiger partial charge is 0.478 e. The van der Waals surface area contributed by atoms with Crippen molar-refractivity contribution in [3.63, 3.8) is 0 Å². The summed E-state index contributed by atoms with van der Waals surface area (Å²) in [5, 5.41) is 12.1. The fraction of sp³-hybridized carbons (Fsp3) is 0. The molecule has 0 aliphatic carbocycles. The molecule has 2 aromatic heterocycles. The normalized spacial score (nSPS) is 11.0. The maximum atomic E-state index is 11.2. The van der Waals surface area contributed by atoms with E-state index in [2.05, 4.69) is 0 Å². The van der Waals surface area contributed by atoms with Gasteiger partial charge in [0, 0.05) is 21.4 Å². The number of carbonyl (C=O) groups is 1. The highest BCUT2D eigenvalue weighted by atomic mass is 32.1. The molecule has 23 heavy (non-hydrogen) atoms. The summed E-state index contributed by atoms with van der Waals surface area (Å²) in [7, 11) is 0. The molecular weight excluding hydrogens is 308 g/mol. The van der Waals surface area contributed by atoms with Crippen LogP contribution in [0.5, 0.6) is 0 Å². The van der Waals surface area contributed by atoms with Crippen molar-refractivity contribution in [2.45, 2.75) is 0 Å². The third kappa shape index (κ3) is 2.33. The van der Waals surface area contributed by atoms with Gasteiger partial charge in [-0.3, -0.25) is 0 Å². The molecule has 0 amide bonds.